The topological polar surface area (TPSA) is 89.9 Å². The number of hydrogen-bond acceptors (Lipinski definition) is 3. The number of urea groups is 1. The Morgan fingerprint density at radius 2 is 2.05 bits per heavy atom. The highest BCUT2D eigenvalue weighted by atomic mass is 35.5. The molecule has 1 aliphatic rings. The summed E-state index contributed by atoms with van der Waals surface area (Å²) in [7, 11) is 0. The molecule has 2 amide bonds. The van der Waals surface area contributed by atoms with Crippen LogP contribution in [0.5, 0.6) is 0 Å². The molecule has 0 radical (unpaired) electrons. The Morgan fingerprint density at radius 1 is 1.38 bits per heavy atom. The molecule has 6 nitrogen and oxygen atoms in total. The summed E-state index contributed by atoms with van der Waals surface area (Å²) < 4.78 is 26.5. The van der Waals surface area contributed by atoms with E-state index in [0.29, 0.717) is 6.07 Å². The average molecular weight is 321 g/mol. The number of aliphatic hydroxyl groups is 1. The van der Waals surface area contributed by atoms with Gasteiger partial charge in [-0.1, -0.05) is 11.6 Å². The fourth-order valence-corrected chi connectivity index (χ4v) is 2.35. The zero-order chi connectivity index (χ0) is 15.7. The van der Waals surface area contributed by atoms with Crippen molar-refractivity contribution in [1.82, 2.24) is 4.90 Å². The zero-order valence-corrected chi connectivity index (χ0v) is 11.3. The zero-order valence-electron chi connectivity index (χ0n) is 10.5. The first-order valence-corrected chi connectivity index (χ1v) is 6.30. The van der Waals surface area contributed by atoms with E-state index < -0.39 is 41.5 Å². The molecule has 1 saturated heterocycles. The lowest BCUT2D eigenvalue weighted by atomic mass is 10.2. The van der Waals surface area contributed by atoms with Crippen molar-refractivity contribution in [1.29, 1.82) is 0 Å². The van der Waals surface area contributed by atoms with E-state index in [2.05, 4.69) is 5.32 Å². The van der Waals surface area contributed by atoms with Crippen molar-refractivity contribution in [2.45, 2.75) is 18.6 Å². The van der Waals surface area contributed by atoms with Crippen molar-refractivity contribution in [2.75, 3.05) is 11.9 Å². The fraction of sp³-hybridized carbons (Fsp3) is 0.333. The highest BCUT2D eigenvalue weighted by molar-refractivity contribution is 6.33. The summed E-state index contributed by atoms with van der Waals surface area (Å²) in [6.45, 7) is -0.205. The molecule has 0 bridgehead atoms. The summed E-state index contributed by atoms with van der Waals surface area (Å²) in [5.41, 5.74) is -0.450. The first-order chi connectivity index (χ1) is 9.79. The number of anilines is 1. The Balaban J connectivity index is 2.20. The summed E-state index contributed by atoms with van der Waals surface area (Å²) in [5, 5.41) is 20.2. The second-order valence-electron chi connectivity index (χ2n) is 4.57. The molecule has 1 fully saturated rings. The van der Waals surface area contributed by atoms with E-state index in [9.17, 15) is 23.5 Å². The van der Waals surface area contributed by atoms with Gasteiger partial charge in [0.05, 0.1) is 16.8 Å². The van der Waals surface area contributed by atoms with Crippen LogP contribution >= 0.6 is 11.6 Å². The maximum atomic E-state index is 13.6. The predicted molar refractivity (Wildman–Crippen MR) is 69.1 cm³/mol. The van der Waals surface area contributed by atoms with Gasteiger partial charge in [-0.15, -0.1) is 0 Å². The number of hydrogen-bond donors (Lipinski definition) is 3. The Labute approximate surface area is 122 Å². The molecule has 9 heteroatoms. The van der Waals surface area contributed by atoms with Gasteiger partial charge in [0.15, 0.2) is 5.82 Å². The molecule has 0 unspecified atom stereocenters. The number of carboxylic acids is 1. The van der Waals surface area contributed by atoms with Crippen LogP contribution in [0.2, 0.25) is 5.02 Å². The summed E-state index contributed by atoms with van der Waals surface area (Å²) in [4.78, 5) is 23.8. The third kappa shape index (κ3) is 3.22. The van der Waals surface area contributed by atoms with Crippen molar-refractivity contribution < 1.29 is 28.6 Å². The standard InChI is InChI=1S/C12H11ClF2N2O4/c13-7-1-5(14)2-8(15)10(7)16-12(21)17-4-6(18)3-9(17)11(19)20/h1-2,6,9,18H,3-4H2,(H,16,21)(H,19,20)/t6-,9-/m0/s1. The lowest BCUT2D eigenvalue weighted by Crippen LogP contribution is -2.43. The molecule has 2 atom stereocenters. The van der Waals surface area contributed by atoms with E-state index in [1.54, 1.807) is 0 Å². The van der Waals surface area contributed by atoms with E-state index in [-0.39, 0.29) is 18.0 Å². The Bertz CT molecular complexity index is 576. The van der Waals surface area contributed by atoms with Crippen LogP contribution in [-0.2, 0) is 4.79 Å². The molecule has 0 aliphatic carbocycles. The molecule has 3 N–H and O–H groups in total. The number of rotatable bonds is 2. The minimum absolute atomic E-state index is 0.123. The molecule has 0 spiro atoms. The Morgan fingerprint density at radius 3 is 2.62 bits per heavy atom. The quantitative estimate of drug-likeness (QED) is 0.773. The number of halogens is 3. The van der Waals surface area contributed by atoms with Crippen LogP contribution in [0.1, 0.15) is 6.42 Å². The van der Waals surface area contributed by atoms with Crippen LogP contribution in [0, 0.1) is 11.6 Å². The molecule has 2 rings (SSSR count). The highest BCUT2D eigenvalue weighted by Crippen LogP contribution is 2.28. The van der Waals surface area contributed by atoms with E-state index in [4.69, 9.17) is 16.7 Å². The number of amides is 2. The highest BCUT2D eigenvalue weighted by Gasteiger charge is 2.39. The predicted octanol–water partition coefficient (Wildman–Crippen LogP) is 1.67. The number of nitrogens with zero attached hydrogens (tertiary/aromatic N) is 1. The SMILES string of the molecule is O=C(O)[C@@H]1C[C@H](O)CN1C(=O)Nc1c(F)cc(F)cc1Cl. The monoisotopic (exact) mass is 320 g/mol. The van der Waals surface area contributed by atoms with Crippen LogP contribution < -0.4 is 5.32 Å². The molecular formula is C12H11ClF2N2O4. The third-order valence-electron chi connectivity index (χ3n) is 3.06. The Kier molecular flexibility index (Phi) is 4.29. The molecule has 1 aliphatic heterocycles. The van der Waals surface area contributed by atoms with Crippen molar-refractivity contribution in [3.8, 4) is 0 Å². The number of β-amino-alcohol motifs (C(OH)–C–C–N with tert-alkyl or cyclic N) is 1. The van der Waals surface area contributed by atoms with Gasteiger partial charge in [-0.2, -0.15) is 0 Å². The van der Waals surface area contributed by atoms with Crippen molar-refractivity contribution in [3.05, 3.63) is 28.8 Å². The number of likely N-dealkylation sites (tertiary alicyclic amines) is 1. The second-order valence-corrected chi connectivity index (χ2v) is 4.98. The van der Waals surface area contributed by atoms with Gasteiger partial charge >= 0.3 is 12.0 Å². The normalized spacial score (nSPS) is 21.4. The van der Waals surface area contributed by atoms with Gasteiger partial charge in [0.1, 0.15) is 11.9 Å². The van der Waals surface area contributed by atoms with Crippen LogP contribution in [-0.4, -0.2) is 45.8 Å². The van der Waals surface area contributed by atoms with Gasteiger partial charge in [-0.3, -0.25) is 0 Å². The molecule has 21 heavy (non-hydrogen) atoms. The average Bonchev–Trinajstić information content (AvgIpc) is 2.76. The van der Waals surface area contributed by atoms with E-state index in [1.165, 1.54) is 0 Å². The van der Waals surface area contributed by atoms with Crippen LogP contribution in [0.15, 0.2) is 12.1 Å². The number of carbonyl (C=O) groups excluding carboxylic acids is 1. The van der Waals surface area contributed by atoms with Crippen molar-refractivity contribution in [2.24, 2.45) is 0 Å². The molecule has 114 valence electrons. The first-order valence-electron chi connectivity index (χ1n) is 5.92. The van der Waals surface area contributed by atoms with Gasteiger partial charge in [0.2, 0.25) is 0 Å². The summed E-state index contributed by atoms with van der Waals surface area (Å²) in [6, 6.07) is -0.809. The van der Waals surface area contributed by atoms with Crippen molar-refractivity contribution in [3.63, 3.8) is 0 Å². The minimum atomic E-state index is -1.28. The van der Waals surface area contributed by atoms with E-state index >= 15 is 0 Å². The van der Waals surface area contributed by atoms with E-state index in [1.807, 2.05) is 0 Å². The molecular weight excluding hydrogens is 310 g/mol. The molecule has 1 heterocycles. The number of carbonyl (C=O) groups is 2. The summed E-state index contributed by atoms with van der Waals surface area (Å²) in [5.74, 6) is -3.28. The lowest BCUT2D eigenvalue weighted by Gasteiger charge is -2.22. The molecule has 0 aromatic heterocycles. The third-order valence-corrected chi connectivity index (χ3v) is 3.36. The summed E-state index contributed by atoms with van der Waals surface area (Å²) in [6.07, 6.45) is -1.10. The molecule has 1 aromatic rings. The second kappa shape index (κ2) is 5.82. The van der Waals surface area contributed by atoms with Crippen molar-refractivity contribution >= 4 is 29.3 Å². The van der Waals surface area contributed by atoms with E-state index in [0.717, 1.165) is 11.0 Å². The lowest BCUT2D eigenvalue weighted by molar-refractivity contribution is -0.141. The Hall–Kier alpha value is -1.93. The van der Waals surface area contributed by atoms with Gasteiger partial charge < -0.3 is 20.4 Å². The van der Waals surface area contributed by atoms with Gasteiger partial charge in [0.25, 0.3) is 0 Å². The fourth-order valence-electron chi connectivity index (χ4n) is 2.11. The first kappa shape index (κ1) is 15.5. The van der Waals surface area contributed by atoms with Gasteiger partial charge in [-0.05, 0) is 6.07 Å². The smallest absolute Gasteiger partial charge is 0.326 e. The van der Waals surface area contributed by atoms with Crippen LogP contribution in [0.25, 0.3) is 0 Å². The number of aliphatic hydroxyl groups excluding tert-OH is 1. The number of nitrogens with one attached hydrogen (secondary N) is 1. The van der Waals surface area contributed by atoms with Gasteiger partial charge in [0, 0.05) is 19.0 Å². The molecule has 0 saturated carbocycles. The van der Waals surface area contributed by atoms with Crippen LogP contribution in [0.4, 0.5) is 19.3 Å². The summed E-state index contributed by atoms with van der Waals surface area (Å²) >= 11 is 5.63. The minimum Gasteiger partial charge on any atom is -0.480 e. The van der Waals surface area contributed by atoms with Crippen LogP contribution in [0.3, 0.4) is 0 Å². The number of aliphatic carboxylic acids is 1. The maximum Gasteiger partial charge on any atom is 0.326 e. The molecule has 1 aromatic carbocycles. The maximum absolute atomic E-state index is 13.6. The number of carboxylic acid groups (broad SMARTS) is 1. The number of benzene rings is 1. The van der Waals surface area contributed by atoms with Gasteiger partial charge in [-0.25, -0.2) is 18.4 Å². The largest absolute Gasteiger partial charge is 0.480 e.